The number of fused-ring (bicyclic) bond motifs is 5. The summed E-state index contributed by atoms with van der Waals surface area (Å²) in [4.78, 5) is 31.5. The van der Waals surface area contributed by atoms with E-state index < -0.39 is 16.4 Å². The summed E-state index contributed by atoms with van der Waals surface area (Å²) >= 11 is 0. The molecule has 3 heterocycles. The summed E-state index contributed by atoms with van der Waals surface area (Å²) in [7, 11) is 5.04. The molecule has 0 unspecified atom stereocenters. The summed E-state index contributed by atoms with van der Waals surface area (Å²) in [5.41, 5.74) is -1.30. The van der Waals surface area contributed by atoms with Gasteiger partial charge in [0.25, 0.3) is 5.91 Å². The van der Waals surface area contributed by atoms with E-state index in [0.717, 1.165) is 0 Å². The zero-order valence-electron chi connectivity index (χ0n) is 17.1. The molecule has 0 radical (unpaired) electrons. The van der Waals surface area contributed by atoms with Crippen molar-refractivity contribution in [2.75, 3.05) is 44.6 Å². The maximum absolute atomic E-state index is 14.2. The number of likely N-dealkylation sites (N-methyl/N-ethyl adjacent to an activating group) is 2. The van der Waals surface area contributed by atoms with Gasteiger partial charge in [0.2, 0.25) is 5.91 Å². The molecule has 3 aliphatic rings. The van der Waals surface area contributed by atoms with Crippen LogP contribution in [0.2, 0.25) is 0 Å². The van der Waals surface area contributed by atoms with Crippen LogP contribution in [-0.4, -0.2) is 51.1 Å². The van der Waals surface area contributed by atoms with Crippen molar-refractivity contribution in [2.24, 2.45) is 5.41 Å². The largest absolute Gasteiger partial charge is 0.383 e. The summed E-state index contributed by atoms with van der Waals surface area (Å²) in [6.45, 7) is 0.242. The molecule has 2 aromatic carbocycles. The van der Waals surface area contributed by atoms with Crippen molar-refractivity contribution in [3.8, 4) is 6.07 Å². The fraction of sp³-hybridized carbons (Fsp3) is 0.348. The highest BCUT2D eigenvalue weighted by Gasteiger charge is 2.82. The molecule has 0 aliphatic carbocycles. The van der Waals surface area contributed by atoms with Crippen molar-refractivity contribution in [3.05, 3.63) is 59.7 Å². The molecule has 7 heteroatoms. The molecule has 30 heavy (non-hydrogen) atoms. The molecule has 0 bridgehead atoms. The second-order valence-electron chi connectivity index (χ2n) is 8.32. The van der Waals surface area contributed by atoms with E-state index in [0.29, 0.717) is 22.5 Å². The predicted molar refractivity (Wildman–Crippen MR) is 111 cm³/mol. The fourth-order valence-electron chi connectivity index (χ4n) is 6.19. The Morgan fingerprint density at radius 2 is 1.77 bits per heavy atom. The standard InChI is InChI=1S/C23H22N4O3/c1-26-13-21(12-24,14-30-3)22(16-9-5-7-11-18(16)27(2)20(22)29)23(26)15-8-4-6-10-17(15)25-19(23)28/h4-11H,13-14H2,1-3H3,(H,25,28)/t21-,22-,23-/m1/s1. The summed E-state index contributed by atoms with van der Waals surface area (Å²) < 4.78 is 5.53. The Morgan fingerprint density at radius 3 is 2.47 bits per heavy atom. The van der Waals surface area contributed by atoms with Crippen molar-refractivity contribution >= 4 is 23.2 Å². The number of para-hydroxylation sites is 2. The number of carbonyl (C=O) groups is 2. The molecule has 2 aromatic rings. The quantitative estimate of drug-likeness (QED) is 0.829. The van der Waals surface area contributed by atoms with Gasteiger partial charge in [0.1, 0.15) is 16.4 Å². The lowest BCUT2D eigenvalue weighted by Crippen LogP contribution is -2.65. The minimum absolute atomic E-state index is 0.0267. The number of amides is 2. The summed E-state index contributed by atoms with van der Waals surface area (Å²) in [6.07, 6.45) is 0. The number of anilines is 2. The van der Waals surface area contributed by atoms with Gasteiger partial charge in [-0.1, -0.05) is 36.4 Å². The maximum Gasteiger partial charge on any atom is 0.251 e. The van der Waals surface area contributed by atoms with Gasteiger partial charge in [-0.2, -0.15) is 5.26 Å². The number of likely N-dealkylation sites (tertiary alicyclic amines) is 1. The fourth-order valence-corrected chi connectivity index (χ4v) is 6.19. The molecular formula is C23H22N4O3. The molecule has 3 atom stereocenters. The maximum atomic E-state index is 14.2. The van der Waals surface area contributed by atoms with Crippen LogP contribution >= 0.6 is 0 Å². The van der Waals surface area contributed by atoms with Crippen LogP contribution in [0.15, 0.2) is 48.5 Å². The lowest BCUT2D eigenvalue weighted by Gasteiger charge is -2.45. The van der Waals surface area contributed by atoms with E-state index in [9.17, 15) is 14.9 Å². The number of benzene rings is 2. The van der Waals surface area contributed by atoms with Gasteiger partial charge < -0.3 is 15.0 Å². The molecule has 0 aromatic heterocycles. The Balaban J connectivity index is 1.99. The zero-order chi connectivity index (χ0) is 21.3. The van der Waals surface area contributed by atoms with Crippen molar-refractivity contribution in [2.45, 2.75) is 11.0 Å². The van der Waals surface area contributed by atoms with Crippen LogP contribution in [0, 0.1) is 16.7 Å². The topological polar surface area (TPSA) is 85.7 Å². The van der Waals surface area contributed by atoms with E-state index >= 15 is 0 Å². The van der Waals surface area contributed by atoms with E-state index in [4.69, 9.17) is 4.74 Å². The van der Waals surface area contributed by atoms with Crippen molar-refractivity contribution in [1.82, 2.24) is 4.90 Å². The average molecular weight is 402 g/mol. The van der Waals surface area contributed by atoms with Gasteiger partial charge in [-0.3, -0.25) is 14.5 Å². The molecule has 5 rings (SSSR count). The highest BCUT2D eigenvalue weighted by molar-refractivity contribution is 6.19. The molecule has 0 saturated carbocycles. The van der Waals surface area contributed by atoms with E-state index in [-0.39, 0.29) is 25.0 Å². The number of rotatable bonds is 2. The number of carbonyl (C=O) groups excluding carboxylic acids is 2. The first-order valence-electron chi connectivity index (χ1n) is 9.82. The van der Waals surface area contributed by atoms with Crippen LogP contribution in [0.25, 0.3) is 0 Å². The highest BCUT2D eigenvalue weighted by Crippen LogP contribution is 2.68. The van der Waals surface area contributed by atoms with Crippen LogP contribution in [0.4, 0.5) is 11.4 Å². The van der Waals surface area contributed by atoms with Crippen LogP contribution in [0.3, 0.4) is 0 Å². The highest BCUT2D eigenvalue weighted by atomic mass is 16.5. The molecule has 2 spiro atoms. The SMILES string of the molecule is COC[C@@]1(C#N)CN(C)[C@]2(C(=O)Nc3ccccc32)[C@]12C(=O)N(C)c1ccccc12. The second-order valence-corrected chi connectivity index (χ2v) is 8.32. The Hall–Kier alpha value is -3.21. The number of nitrogens with zero attached hydrogens (tertiary/aromatic N) is 3. The Kier molecular flexibility index (Phi) is 3.70. The zero-order valence-corrected chi connectivity index (χ0v) is 17.1. The minimum atomic E-state index is -1.46. The molecule has 2 amide bonds. The monoisotopic (exact) mass is 402 g/mol. The molecular weight excluding hydrogens is 380 g/mol. The number of hydrogen-bond acceptors (Lipinski definition) is 5. The molecule has 7 nitrogen and oxygen atoms in total. The average Bonchev–Trinajstić information content (AvgIpc) is 3.27. The van der Waals surface area contributed by atoms with Gasteiger partial charge in [0, 0.05) is 37.6 Å². The lowest BCUT2D eigenvalue weighted by atomic mass is 9.53. The Labute approximate surface area is 174 Å². The van der Waals surface area contributed by atoms with Gasteiger partial charge in [0.05, 0.1) is 12.7 Å². The van der Waals surface area contributed by atoms with E-state index in [1.165, 1.54) is 7.11 Å². The molecule has 1 N–H and O–H groups in total. The molecule has 3 aliphatic heterocycles. The van der Waals surface area contributed by atoms with Gasteiger partial charge in [-0.25, -0.2) is 0 Å². The predicted octanol–water partition coefficient (Wildman–Crippen LogP) is 1.85. The van der Waals surface area contributed by atoms with Gasteiger partial charge in [-0.05, 0) is 24.7 Å². The number of hydrogen-bond donors (Lipinski definition) is 1. The first-order chi connectivity index (χ1) is 14.4. The third-order valence-corrected chi connectivity index (χ3v) is 7.13. The normalized spacial score (nSPS) is 31.9. The molecule has 152 valence electrons. The van der Waals surface area contributed by atoms with Crippen LogP contribution in [0.1, 0.15) is 11.1 Å². The van der Waals surface area contributed by atoms with E-state index in [2.05, 4.69) is 11.4 Å². The Bertz CT molecular complexity index is 1140. The summed E-state index contributed by atoms with van der Waals surface area (Å²) in [6, 6.07) is 17.3. The second kappa shape index (κ2) is 5.91. The Morgan fingerprint density at radius 1 is 1.10 bits per heavy atom. The van der Waals surface area contributed by atoms with Gasteiger partial charge in [0.15, 0.2) is 0 Å². The number of nitrogens with one attached hydrogen (secondary N) is 1. The number of nitriles is 1. The smallest absolute Gasteiger partial charge is 0.251 e. The molecule has 1 fully saturated rings. The van der Waals surface area contributed by atoms with Crippen molar-refractivity contribution in [3.63, 3.8) is 0 Å². The van der Waals surface area contributed by atoms with Gasteiger partial charge in [-0.15, -0.1) is 0 Å². The van der Waals surface area contributed by atoms with Crippen LogP contribution in [0.5, 0.6) is 0 Å². The van der Waals surface area contributed by atoms with Crippen molar-refractivity contribution < 1.29 is 14.3 Å². The first-order valence-corrected chi connectivity index (χ1v) is 9.82. The van der Waals surface area contributed by atoms with E-state index in [1.54, 1.807) is 11.9 Å². The summed E-state index contributed by atoms with van der Waals surface area (Å²) in [5.74, 6) is -0.559. The number of ether oxygens (including phenoxy) is 1. The third kappa shape index (κ3) is 1.70. The minimum Gasteiger partial charge on any atom is -0.383 e. The molecule has 1 saturated heterocycles. The van der Waals surface area contributed by atoms with E-state index in [1.807, 2.05) is 60.5 Å². The summed E-state index contributed by atoms with van der Waals surface area (Å²) in [5, 5.41) is 13.5. The lowest BCUT2D eigenvalue weighted by molar-refractivity contribution is -0.140. The van der Waals surface area contributed by atoms with Gasteiger partial charge >= 0.3 is 0 Å². The third-order valence-electron chi connectivity index (χ3n) is 7.13. The van der Waals surface area contributed by atoms with Crippen molar-refractivity contribution in [1.29, 1.82) is 5.26 Å². The van der Waals surface area contributed by atoms with Crippen LogP contribution < -0.4 is 10.2 Å². The first kappa shape index (κ1) is 18.8. The van der Waals surface area contributed by atoms with Crippen LogP contribution in [-0.2, 0) is 25.3 Å². The number of methoxy groups -OCH3 is 1.